The third-order valence-electron chi connectivity index (χ3n) is 2.97. The number of rotatable bonds is 5. The molecule has 78 valence electrons. The van der Waals surface area contributed by atoms with Crippen molar-refractivity contribution in [2.75, 3.05) is 32.8 Å². The van der Waals surface area contributed by atoms with Crippen LogP contribution in [0.5, 0.6) is 0 Å². The summed E-state index contributed by atoms with van der Waals surface area (Å²) in [6.07, 6.45) is 1.29. The molecule has 1 heterocycles. The summed E-state index contributed by atoms with van der Waals surface area (Å²) in [5, 5.41) is 0. The lowest BCUT2D eigenvalue weighted by molar-refractivity contribution is 0.106. The Morgan fingerprint density at radius 2 is 2.31 bits per heavy atom. The first-order valence-corrected chi connectivity index (χ1v) is 5.31. The number of ether oxygens (including phenoxy) is 1. The van der Waals surface area contributed by atoms with Crippen molar-refractivity contribution in [1.29, 1.82) is 0 Å². The van der Waals surface area contributed by atoms with Gasteiger partial charge in [-0.3, -0.25) is 4.90 Å². The lowest BCUT2D eigenvalue weighted by Crippen LogP contribution is -2.40. The van der Waals surface area contributed by atoms with Crippen molar-refractivity contribution in [2.24, 2.45) is 11.7 Å². The van der Waals surface area contributed by atoms with Crippen LogP contribution < -0.4 is 5.73 Å². The molecule has 0 saturated carbocycles. The Hall–Kier alpha value is -0.120. The Kier molecular flexibility index (Phi) is 4.70. The molecule has 1 fully saturated rings. The molecule has 0 aliphatic carbocycles. The second-order valence-corrected chi connectivity index (χ2v) is 3.80. The van der Waals surface area contributed by atoms with E-state index in [2.05, 4.69) is 11.8 Å². The molecule has 3 nitrogen and oxygen atoms in total. The predicted octanol–water partition coefficient (Wildman–Crippen LogP) is 0.692. The maximum absolute atomic E-state index is 5.74. The molecule has 0 aromatic heterocycles. The maximum Gasteiger partial charge on any atom is 0.0593 e. The van der Waals surface area contributed by atoms with Crippen LogP contribution >= 0.6 is 0 Å². The van der Waals surface area contributed by atoms with Gasteiger partial charge in [0, 0.05) is 25.7 Å². The minimum atomic E-state index is 0.584. The Bertz CT molecular complexity index is 141. The van der Waals surface area contributed by atoms with Gasteiger partial charge in [-0.2, -0.15) is 0 Å². The van der Waals surface area contributed by atoms with Crippen LogP contribution in [0, 0.1) is 5.92 Å². The highest BCUT2D eigenvalue weighted by Crippen LogP contribution is 2.22. The third-order valence-corrected chi connectivity index (χ3v) is 2.97. The average molecular weight is 186 g/mol. The fourth-order valence-electron chi connectivity index (χ4n) is 2.07. The maximum atomic E-state index is 5.74. The summed E-state index contributed by atoms with van der Waals surface area (Å²) < 4.78 is 5.34. The van der Waals surface area contributed by atoms with Crippen molar-refractivity contribution in [1.82, 2.24) is 4.90 Å². The molecule has 2 N–H and O–H groups in total. The van der Waals surface area contributed by atoms with Gasteiger partial charge in [0.05, 0.1) is 6.61 Å². The van der Waals surface area contributed by atoms with Gasteiger partial charge in [0.15, 0.2) is 0 Å². The Labute approximate surface area is 81.2 Å². The molecule has 1 saturated heterocycles. The number of nitrogens with two attached hydrogens (primary N) is 1. The van der Waals surface area contributed by atoms with E-state index in [9.17, 15) is 0 Å². The van der Waals surface area contributed by atoms with Crippen LogP contribution in [0.3, 0.4) is 0 Å². The van der Waals surface area contributed by atoms with Crippen LogP contribution in [0.4, 0.5) is 0 Å². The highest BCUT2D eigenvalue weighted by Gasteiger charge is 2.29. The van der Waals surface area contributed by atoms with Crippen LogP contribution in [0.1, 0.15) is 20.3 Å². The number of likely N-dealkylation sites (tertiary alicyclic amines) is 1. The van der Waals surface area contributed by atoms with E-state index >= 15 is 0 Å². The zero-order valence-electron chi connectivity index (χ0n) is 8.83. The summed E-state index contributed by atoms with van der Waals surface area (Å²) in [4.78, 5) is 2.46. The van der Waals surface area contributed by atoms with E-state index in [1.54, 1.807) is 0 Å². The molecule has 13 heavy (non-hydrogen) atoms. The molecular formula is C10H22N2O. The fraction of sp³-hybridized carbons (Fsp3) is 1.00. The van der Waals surface area contributed by atoms with Crippen molar-refractivity contribution in [3.63, 3.8) is 0 Å². The number of hydrogen-bond acceptors (Lipinski definition) is 3. The smallest absolute Gasteiger partial charge is 0.0593 e. The largest absolute Gasteiger partial charge is 0.380 e. The zero-order chi connectivity index (χ0) is 9.68. The third kappa shape index (κ3) is 2.93. The van der Waals surface area contributed by atoms with Crippen molar-refractivity contribution >= 4 is 0 Å². The first-order chi connectivity index (χ1) is 6.29. The minimum absolute atomic E-state index is 0.584. The Balaban J connectivity index is 2.24. The average Bonchev–Trinajstić information content (AvgIpc) is 2.47. The van der Waals surface area contributed by atoms with E-state index in [4.69, 9.17) is 10.5 Å². The molecular weight excluding hydrogens is 164 g/mol. The number of hydrogen-bond donors (Lipinski definition) is 1. The molecule has 2 atom stereocenters. The van der Waals surface area contributed by atoms with Gasteiger partial charge in [0.2, 0.25) is 0 Å². The fourth-order valence-corrected chi connectivity index (χ4v) is 2.07. The van der Waals surface area contributed by atoms with Crippen molar-refractivity contribution in [3.8, 4) is 0 Å². The second kappa shape index (κ2) is 5.58. The first kappa shape index (κ1) is 11.0. The molecule has 1 rings (SSSR count). The van der Waals surface area contributed by atoms with Gasteiger partial charge < -0.3 is 10.5 Å². The Morgan fingerprint density at radius 1 is 1.54 bits per heavy atom. The van der Waals surface area contributed by atoms with Crippen LogP contribution in [0.15, 0.2) is 0 Å². The SMILES string of the molecule is CCOCCN1CCC(C)C1CN. The summed E-state index contributed by atoms with van der Waals surface area (Å²) in [5.74, 6) is 0.756. The molecule has 0 radical (unpaired) electrons. The van der Waals surface area contributed by atoms with Gasteiger partial charge in [-0.05, 0) is 25.8 Å². The van der Waals surface area contributed by atoms with Crippen LogP contribution in [0.25, 0.3) is 0 Å². The lowest BCUT2D eigenvalue weighted by Gasteiger charge is -2.25. The van der Waals surface area contributed by atoms with E-state index in [-0.39, 0.29) is 0 Å². The molecule has 1 aliphatic heterocycles. The Morgan fingerprint density at radius 3 is 2.92 bits per heavy atom. The van der Waals surface area contributed by atoms with Crippen LogP contribution in [-0.2, 0) is 4.74 Å². The lowest BCUT2D eigenvalue weighted by atomic mass is 10.0. The summed E-state index contributed by atoms with van der Waals surface area (Å²) in [7, 11) is 0. The van der Waals surface area contributed by atoms with Gasteiger partial charge in [-0.15, -0.1) is 0 Å². The molecule has 2 unspecified atom stereocenters. The molecule has 0 spiro atoms. The topological polar surface area (TPSA) is 38.5 Å². The van der Waals surface area contributed by atoms with Gasteiger partial charge in [0.1, 0.15) is 0 Å². The van der Waals surface area contributed by atoms with Crippen molar-refractivity contribution in [3.05, 3.63) is 0 Å². The summed E-state index contributed by atoms with van der Waals surface area (Å²) in [5.41, 5.74) is 5.74. The quantitative estimate of drug-likeness (QED) is 0.642. The van der Waals surface area contributed by atoms with Crippen molar-refractivity contribution < 1.29 is 4.74 Å². The second-order valence-electron chi connectivity index (χ2n) is 3.80. The summed E-state index contributed by atoms with van der Waals surface area (Å²) in [6, 6.07) is 0.584. The van der Waals surface area contributed by atoms with Gasteiger partial charge in [-0.25, -0.2) is 0 Å². The standard InChI is InChI=1S/C10H22N2O/c1-3-13-7-6-12-5-4-9(2)10(12)8-11/h9-10H,3-8,11H2,1-2H3. The first-order valence-electron chi connectivity index (χ1n) is 5.31. The van der Waals surface area contributed by atoms with E-state index in [0.29, 0.717) is 6.04 Å². The van der Waals surface area contributed by atoms with E-state index in [1.165, 1.54) is 13.0 Å². The van der Waals surface area contributed by atoms with E-state index in [0.717, 1.165) is 32.2 Å². The summed E-state index contributed by atoms with van der Waals surface area (Å²) >= 11 is 0. The van der Waals surface area contributed by atoms with Gasteiger partial charge in [-0.1, -0.05) is 6.92 Å². The van der Waals surface area contributed by atoms with E-state index < -0.39 is 0 Å². The molecule has 0 aromatic rings. The monoisotopic (exact) mass is 186 g/mol. The van der Waals surface area contributed by atoms with Crippen LogP contribution in [0.2, 0.25) is 0 Å². The number of nitrogens with zero attached hydrogens (tertiary/aromatic N) is 1. The van der Waals surface area contributed by atoms with Crippen molar-refractivity contribution in [2.45, 2.75) is 26.3 Å². The van der Waals surface area contributed by atoms with Gasteiger partial charge >= 0.3 is 0 Å². The zero-order valence-corrected chi connectivity index (χ0v) is 8.83. The van der Waals surface area contributed by atoms with Crippen LogP contribution in [-0.4, -0.2) is 43.8 Å². The minimum Gasteiger partial charge on any atom is -0.380 e. The highest BCUT2D eigenvalue weighted by molar-refractivity contribution is 4.84. The molecule has 0 bridgehead atoms. The van der Waals surface area contributed by atoms with E-state index in [1.807, 2.05) is 6.92 Å². The normalized spacial score (nSPS) is 29.8. The molecule has 0 amide bonds. The molecule has 3 heteroatoms. The molecule has 1 aliphatic rings. The van der Waals surface area contributed by atoms with Gasteiger partial charge in [0.25, 0.3) is 0 Å². The summed E-state index contributed by atoms with van der Waals surface area (Å²) in [6.45, 7) is 9.01. The predicted molar refractivity (Wildman–Crippen MR) is 54.7 cm³/mol. The highest BCUT2D eigenvalue weighted by atomic mass is 16.5. The molecule has 0 aromatic carbocycles.